The third kappa shape index (κ3) is 3.47. The highest BCUT2D eigenvalue weighted by molar-refractivity contribution is 6.04. The van der Waals surface area contributed by atoms with Crippen molar-refractivity contribution in [2.75, 3.05) is 5.32 Å². The van der Waals surface area contributed by atoms with E-state index >= 15 is 0 Å². The van der Waals surface area contributed by atoms with Crippen molar-refractivity contribution >= 4 is 11.6 Å². The fourth-order valence-corrected chi connectivity index (χ4v) is 3.84. The van der Waals surface area contributed by atoms with Crippen molar-refractivity contribution in [2.24, 2.45) is 0 Å². The Morgan fingerprint density at radius 1 is 1.13 bits per heavy atom. The second kappa shape index (κ2) is 7.55. The molecule has 0 aliphatic carbocycles. The van der Waals surface area contributed by atoms with Crippen molar-refractivity contribution in [3.05, 3.63) is 71.9 Å². The molecule has 1 N–H and O–H groups in total. The van der Waals surface area contributed by atoms with E-state index in [0.29, 0.717) is 5.56 Å². The lowest BCUT2D eigenvalue weighted by Gasteiger charge is -2.11. The average Bonchev–Trinajstić information content (AvgIpc) is 3.44. The lowest BCUT2D eigenvalue weighted by molar-refractivity contribution is 0.102. The smallest absolute Gasteiger partial charge is 0.255 e. The average molecular weight is 399 g/mol. The van der Waals surface area contributed by atoms with Crippen molar-refractivity contribution < 1.29 is 4.79 Å². The normalized spacial score (nSPS) is 13.1. The molecule has 0 radical (unpaired) electrons. The van der Waals surface area contributed by atoms with Gasteiger partial charge in [0.1, 0.15) is 12.2 Å². The van der Waals surface area contributed by atoms with Crippen LogP contribution in [0.4, 0.5) is 5.69 Å². The Bertz CT molecular complexity index is 1190. The number of aryl methyl sites for hydroxylation is 3. The zero-order valence-corrected chi connectivity index (χ0v) is 16.6. The molecule has 1 aliphatic heterocycles. The summed E-state index contributed by atoms with van der Waals surface area (Å²) in [5, 5.41) is 14.2. The number of anilines is 1. The highest BCUT2D eigenvalue weighted by Gasteiger charge is 2.14. The van der Waals surface area contributed by atoms with E-state index in [1.54, 1.807) is 10.7 Å². The Balaban J connectivity index is 1.36. The molecule has 8 heteroatoms. The maximum absolute atomic E-state index is 12.8. The summed E-state index contributed by atoms with van der Waals surface area (Å²) in [5.41, 5.74) is 5.01. The van der Waals surface area contributed by atoms with E-state index in [2.05, 4.69) is 31.6 Å². The highest BCUT2D eigenvalue weighted by Crippen LogP contribution is 2.25. The maximum Gasteiger partial charge on any atom is 0.255 e. The predicted molar refractivity (Wildman–Crippen MR) is 112 cm³/mol. The van der Waals surface area contributed by atoms with Crippen LogP contribution in [0.2, 0.25) is 0 Å². The Morgan fingerprint density at radius 3 is 2.87 bits per heavy atom. The summed E-state index contributed by atoms with van der Waals surface area (Å²) in [6.07, 6.45) is 7.05. The van der Waals surface area contributed by atoms with Crippen LogP contribution in [0.25, 0.3) is 16.9 Å². The van der Waals surface area contributed by atoms with Gasteiger partial charge in [0.15, 0.2) is 0 Å². The van der Waals surface area contributed by atoms with Crippen LogP contribution < -0.4 is 5.32 Å². The molecule has 4 aromatic rings. The molecule has 0 bridgehead atoms. The minimum Gasteiger partial charge on any atom is -0.334 e. The third-order valence-corrected chi connectivity index (χ3v) is 5.38. The van der Waals surface area contributed by atoms with Crippen LogP contribution in [-0.2, 0) is 13.0 Å². The van der Waals surface area contributed by atoms with Gasteiger partial charge < -0.3 is 9.88 Å². The summed E-state index contributed by atoms with van der Waals surface area (Å²) in [6, 6.07) is 13.3. The number of fused-ring (bicyclic) bond motifs is 1. The lowest BCUT2D eigenvalue weighted by atomic mass is 10.1. The van der Waals surface area contributed by atoms with Crippen molar-refractivity contribution in [1.29, 1.82) is 0 Å². The summed E-state index contributed by atoms with van der Waals surface area (Å²) in [7, 11) is 0. The molecule has 8 nitrogen and oxygen atoms in total. The molecule has 0 atom stereocenters. The molecular weight excluding hydrogens is 378 g/mol. The Morgan fingerprint density at radius 2 is 2.07 bits per heavy atom. The number of carbonyl (C=O) groups is 1. The summed E-state index contributed by atoms with van der Waals surface area (Å²) in [6.45, 7) is 2.95. The van der Waals surface area contributed by atoms with E-state index in [0.717, 1.165) is 47.0 Å². The van der Waals surface area contributed by atoms with Crippen LogP contribution in [0, 0.1) is 6.92 Å². The van der Waals surface area contributed by atoms with Crippen molar-refractivity contribution in [3.63, 3.8) is 0 Å². The van der Waals surface area contributed by atoms with Gasteiger partial charge in [0.25, 0.3) is 5.91 Å². The summed E-state index contributed by atoms with van der Waals surface area (Å²) in [5.74, 6) is 0.978. The first-order chi connectivity index (χ1) is 14.7. The number of hydrogen-bond acceptors (Lipinski definition) is 5. The Kier molecular flexibility index (Phi) is 4.59. The van der Waals surface area contributed by atoms with Crippen LogP contribution in [0.5, 0.6) is 0 Å². The van der Waals surface area contributed by atoms with E-state index in [9.17, 15) is 4.79 Å². The number of aromatic nitrogens is 6. The summed E-state index contributed by atoms with van der Waals surface area (Å²) >= 11 is 0. The molecule has 0 unspecified atom stereocenters. The molecule has 0 spiro atoms. The molecule has 0 saturated heterocycles. The first kappa shape index (κ1) is 18.2. The van der Waals surface area contributed by atoms with Crippen LogP contribution >= 0.6 is 0 Å². The second-order valence-electron chi connectivity index (χ2n) is 7.48. The summed E-state index contributed by atoms with van der Waals surface area (Å²) < 4.78 is 3.81. The van der Waals surface area contributed by atoms with Crippen molar-refractivity contribution in [1.82, 2.24) is 29.8 Å². The van der Waals surface area contributed by atoms with E-state index < -0.39 is 0 Å². The number of carbonyl (C=O) groups excluding carboxylic acids is 1. The molecule has 2 aromatic heterocycles. The Hall–Kier alpha value is -3.81. The summed E-state index contributed by atoms with van der Waals surface area (Å²) in [4.78, 5) is 17.6. The second-order valence-corrected chi connectivity index (χ2v) is 7.48. The zero-order valence-electron chi connectivity index (χ0n) is 16.6. The van der Waals surface area contributed by atoms with Gasteiger partial charge in [-0.1, -0.05) is 12.1 Å². The van der Waals surface area contributed by atoms with E-state index in [4.69, 9.17) is 4.98 Å². The van der Waals surface area contributed by atoms with Crippen LogP contribution in [0.15, 0.2) is 55.0 Å². The maximum atomic E-state index is 12.8. The number of hydrogen-bond donors (Lipinski definition) is 1. The highest BCUT2D eigenvalue weighted by atomic mass is 16.1. The number of imidazole rings is 1. The monoisotopic (exact) mass is 399 g/mol. The minimum absolute atomic E-state index is 0.164. The molecule has 5 rings (SSSR count). The standard InChI is InChI=1S/C22H21N7O/c1-15-11-17(8-9-20(15)29-14-23-26-27-29)22(30)24-18-6-4-5-16(12-18)19-13-28-10-3-2-7-21(28)25-19/h4-6,8-9,11-14H,2-3,7,10H2,1H3,(H,24,30). The number of benzene rings is 2. The van der Waals surface area contributed by atoms with Crippen molar-refractivity contribution in [2.45, 2.75) is 32.7 Å². The molecule has 0 saturated carbocycles. The van der Waals surface area contributed by atoms with E-state index in [-0.39, 0.29) is 5.91 Å². The fourth-order valence-electron chi connectivity index (χ4n) is 3.84. The van der Waals surface area contributed by atoms with E-state index in [1.807, 2.05) is 43.3 Å². The van der Waals surface area contributed by atoms with Gasteiger partial charge in [-0.05, 0) is 66.1 Å². The number of nitrogens with one attached hydrogen (secondary N) is 1. The zero-order chi connectivity index (χ0) is 20.5. The van der Waals surface area contributed by atoms with Gasteiger partial charge in [-0.15, -0.1) is 5.10 Å². The van der Waals surface area contributed by atoms with E-state index in [1.165, 1.54) is 19.2 Å². The van der Waals surface area contributed by atoms with Gasteiger partial charge >= 0.3 is 0 Å². The van der Waals surface area contributed by atoms with Crippen molar-refractivity contribution in [3.8, 4) is 16.9 Å². The van der Waals surface area contributed by atoms with Gasteiger partial charge in [-0.2, -0.15) is 0 Å². The fraction of sp³-hybridized carbons (Fsp3) is 0.227. The van der Waals surface area contributed by atoms with Crippen LogP contribution in [0.3, 0.4) is 0 Å². The SMILES string of the molecule is Cc1cc(C(=O)Nc2cccc(-c3cn4c(n3)CCCC4)c2)ccc1-n1cnnn1. The topological polar surface area (TPSA) is 90.5 Å². The first-order valence-electron chi connectivity index (χ1n) is 9.99. The molecule has 3 heterocycles. The van der Waals surface area contributed by atoms with Gasteiger partial charge in [0.05, 0.1) is 11.4 Å². The predicted octanol–water partition coefficient (Wildman–Crippen LogP) is 3.42. The quantitative estimate of drug-likeness (QED) is 0.568. The van der Waals surface area contributed by atoms with Gasteiger partial charge in [0, 0.05) is 36.0 Å². The number of nitrogens with zero attached hydrogens (tertiary/aromatic N) is 6. The molecular formula is C22H21N7O. The molecule has 1 aliphatic rings. The number of rotatable bonds is 4. The van der Waals surface area contributed by atoms with Gasteiger partial charge in [-0.25, -0.2) is 9.67 Å². The van der Waals surface area contributed by atoms with Gasteiger partial charge in [0.2, 0.25) is 0 Å². The third-order valence-electron chi connectivity index (χ3n) is 5.38. The number of amides is 1. The molecule has 150 valence electrons. The lowest BCUT2D eigenvalue weighted by Crippen LogP contribution is -2.12. The minimum atomic E-state index is -0.164. The largest absolute Gasteiger partial charge is 0.334 e. The Labute approximate surface area is 173 Å². The molecule has 30 heavy (non-hydrogen) atoms. The van der Waals surface area contributed by atoms with Crippen LogP contribution in [-0.4, -0.2) is 35.7 Å². The molecule has 1 amide bonds. The van der Waals surface area contributed by atoms with Crippen LogP contribution in [0.1, 0.15) is 34.6 Å². The first-order valence-corrected chi connectivity index (χ1v) is 9.99. The number of tetrazole rings is 1. The molecule has 0 fully saturated rings. The molecule has 2 aromatic carbocycles. The van der Waals surface area contributed by atoms with Gasteiger partial charge in [-0.3, -0.25) is 4.79 Å².